The molecule has 2 aliphatic rings. The number of piperazine rings is 2. The van der Waals surface area contributed by atoms with Crippen molar-refractivity contribution in [3.63, 3.8) is 0 Å². The minimum atomic E-state index is -3.38. The highest BCUT2D eigenvalue weighted by atomic mass is 32.2. The number of rotatable bonds is 2. The summed E-state index contributed by atoms with van der Waals surface area (Å²) in [6, 6.07) is -0.151. The van der Waals surface area contributed by atoms with Crippen LogP contribution in [-0.4, -0.2) is 99.3 Å². The van der Waals surface area contributed by atoms with E-state index < -0.39 is 10.2 Å². The molecule has 0 aromatic heterocycles. The maximum Gasteiger partial charge on any atom is 0.317 e. The molecule has 0 bridgehead atoms. The lowest BCUT2D eigenvalue weighted by Crippen LogP contribution is -2.57. The van der Waals surface area contributed by atoms with Gasteiger partial charge < -0.3 is 15.1 Å². The van der Waals surface area contributed by atoms with Crippen molar-refractivity contribution in [3.8, 4) is 0 Å². The van der Waals surface area contributed by atoms with Gasteiger partial charge in [0, 0.05) is 59.4 Å². The van der Waals surface area contributed by atoms with Crippen molar-refractivity contribution < 1.29 is 13.2 Å². The van der Waals surface area contributed by atoms with Gasteiger partial charge in [-0.25, -0.2) is 4.79 Å². The molecule has 116 valence electrons. The highest BCUT2D eigenvalue weighted by molar-refractivity contribution is 7.86. The fraction of sp³-hybridized carbons (Fsp3) is 0.909. The summed E-state index contributed by atoms with van der Waals surface area (Å²) in [5, 5.41) is 2.56. The zero-order valence-corrected chi connectivity index (χ0v) is 12.9. The van der Waals surface area contributed by atoms with Crippen molar-refractivity contribution in [3.05, 3.63) is 0 Å². The quantitative estimate of drug-likeness (QED) is 0.669. The summed E-state index contributed by atoms with van der Waals surface area (Å²) >= 11 is 0. The Labute approximate surface area is 120 Å². The van der Waals surface area contributed by atoms with Gasteiger partial charge >= 0.3 is 6.03 Å². The van der Waals surface area contributed by atoms with Crippen LogP contribution in [0.25, 0.3) is 0 Å². The molecule has 0 spiro atoms. The van der Waals surface area contributed by atoms with Crippen LogP contribution in [0.3, 0.4) is 0 Å². The number of amides is 2. The highest BCUT2D eigenvalue weighted by Crippen LogP contribution is 2.14. The molecule has 8 nitrogen and oxygen atoms in total. The Morgan fingerprint density at radius 3 is 1.80 bits per heavy atom. The summed E-state index contributed by atoms with van der Waals surface area (Å²) in [6.45, 7) is 4.20. The fourth-order valence-electron chi connectivity index (χ4n) is 2.46. The second-order valence-electron chi connectivity index (χ2n) is 5.15. The number of nitrogens with one attached hydrogen (secondary N) is 1. The molecule has 2 amide bonds. The number of nitrogens with zero attached hydrogens (tertiary/aromatic N) is 4. The van der Waals surface area contributed by atoms with Crippen LogP contribution in [0.15, 0.2) is 0 Å². The van der Waals surface area contributed by atoms with Crippen LogP contribution >= 0.6 is 0 Å². The van der Waals surface area contributed by atoms with Gasteiger partial charge in [0.25, 0.3) is 10.2 Å². The van der Waals surface area contributed by atoms with Gasteiger partial charge in [0.2, 0.25) is 0 Å². The number of carbonyl (C=O) groups is 1. The fourth-order valence-corrected chi connectivity index (χ4v) is 4.04. The highest BCUT2D eigenvalue weighted by Gasteiger charge is 2.34. The van der Waals surface area contributed by atoms with E-state index in [0.717, 1.165) is 13.1 Å². The van der Waals surface area contributed by atoms with E-state index in [-0.39, 0.29) is 6.03 Å². The third kappa shape index (κ3) is 3.22. The van der Waals surface area contributed by atoms with E-state index in [0.29, 0.717) is 39.3 Å². The number of urea groups is 1. The Hall–Kier alpha value is -0.900. The number of hydrogen-bond donors (Lipinski definition) is 1. The van der Waals surface area contributed by atoms with Gasteiger partial charge in [-0.2, -0.15) is 17.0 Å². The Morgan fingerprint density at radius 1 is 0.900 bits per heavy atom. The zero-order chi connectivity index (χ0) is 14.8. The van der Waals surface area contributed by atoms with E-state index in [2.05, 4.69) is 10.2 Å². The average molecular weight is 305 g/mol. The van der Waals surface area contributed by atoms with Crippen molar-refractivity contribution in [2.24, 2.45) is 0 Å². The van der Waals surface area contributed by atoms with Crippen molar-refractivity contribution in [2.75, 3.05) is 66.5 Å². The van der Waals surface area contributed by atoms with Crippen LogP contribution in [0.2, 0.25) is 0 Å². The standard InChI is InChI=1S/C11H23N5O3S/c1-12-11(17)14-5-9-16(10-6-14)20(18,19)15-7-3-13(2)4-8-15/h3-10H2,1-2H3,(H,12,17). The second kappa shape index (κ2) is 6.25. The summed E-state index contributed by atoms with van der Waals surface area (Å²) in [5.41, 5.74) is 0. The van der Waals surface area contributed by atoms with E-state index in [1.54, 1.807) is 16.3 Å². The summed E-state index contributed by atoms with van der Waals surface area (Å²) in [7, 11) is 0.188. The zero-order valence-electron chi connectivity index (χ0n) is 12.1. The molecule has 2 fully saturated rings. The first-order valence-electron chi connectivity index (χ1n) is 6.85. The molecule has 0 radical (unpaired) electrons. The number of hydrogen-bond acceptors (Lipinski definition) is 4. The van der Waals surface area contributed by atoms with Crippen LogP contribution in [-0.2, 0) is 10.2 Å². The van der Waals surface area contributed by atoms with Crippen LogP contribution in [0.1, 0.15) is 0 Å². The molecule has 0 aliphatic carbocycles. The molecule has 0 unspecified atom stereocenters. The van der Waals surface area contributed by atoms with Crippen molar-refractivity contribution >= 4 is 16.2 Å². The van der Waals surface area contributed by atoms with Crippen molar-refractivity contribution in [1.29, 1.82) is 0 Å². The third-order valence-electron chi connectivity index (χ3n) is 3.85. The normalized spacial score (nSPS) is 23.8. The summed E-state index contributed by atoms with van der Waals surface area (Å²) in [5.74, 6) is 0. The monoisotopic (exact) mass is 305 g/mol. The first kappa shape index (κ1) is 15.5. The van der Waals surface area contributed by atoms with Gasteiger partial charge in [0.15, 0.2) is 0 Å². The van der Waals surface area contributed by atoms with Gasteiger partial charge in [0.05, 0.1) is 0 Å². The van der Waals surface area contributed by atoms with Gasteiger partial charge in [-0.1, -0.05) is 0 Å². The van der Waals surface area contributed by atoms with Gasteiger partial charge in [-0.05, 0) is 7.05 Å². The molecular formula is C11H23N5O3S. The topological polar surface area (TPSA) is 76.2 Å². The van der Waals surface area contributed by atoms with E-state index in [4.69, 9.17) is 0 Å². The predicted molar refractivity (Wildman–Crippen MR) is 75.6 cm³/mol. The Morgan fingerprint density at radius 2 is 1.35 bits per heavy atom. The summed E-state index contributed by atoms with van der Waals surface area (Å²) in [6.07, 6.45) is 0. The Kier molecular flexibility index (Phi) is 4.84. The molecule has 2 aliphatic heterocycles. The molecule has 2 heterocycles. The van der Waals surface area contributed by atoms with Crippen molar-refractivity contribution in [2.45, 2.75) is 0 Å². The second-order valence-corrected chi connectivity index (χ2v) is 7.08. The van der Waals surface area contributed by atoms with E-state index in [9.17, 15) is 13.2 Å². The number of likely N-dealkylation sites (N-methyl/N-ethyl adjacent to an activating group) is 1. The maximum absolute atomic E-state index is 12.5. The van der Waals surface area contributed by atoms with Crippen LogP contribution in [0.4, 0.5) is 4.79 Å². The Bertz CT molecular complexity index is 439. The first-order chi connectivity index (χ1) is 9.45. The SMILES string of the molecule is CNC(=O)N1CCN(S(=O)(=O)N2CCN(C)CC2)CC1. The van der Waals surface area contributed by atoms with Gasteiger partial charge in [0.1, 0.15) is 0 Å². The first-order valence-corrected chi connectivity index (χ1v) is 8.25. The molecule has 2 saturated heterocycles. The predicted octanol–water partition coefficient (Wildman–Crippen LogP) is -1.56. The summed E-state index contributed by atoms with van der Waals surface area (Å²) in [4.78, 5) is 15.2. The molecule has 0 saturated carbocycles. The smallest absolute Gasteiger partial charge is 0.317 e. The molecule has 0 aromatic rings. The lowest BCUT2D eigenvalue weighted by atomic mass is 10.4. The lowest BCUT2D eigenvalue weighted by Gasteiger charge is -2.38. The molecular weight excluding hydrogens is 282 g/mol. The van der Waals surface area contributed by atoms with Gasteiger partial charge in [-0.3, -0.25) is 0 Å². The van der Waals surface area contributed by atoms with Crippen LogP contribution in [0, 0.1) is 0 Å². The molecule has 20 heavy (non-hydrogen) atoms. The molecule has 0 atom stereocenters. The molecule has 0 aromatic carbocycles. The van der Waals surface area contributed by atoms with E-state index in [1.165, 1.54) is 4.31 Å². The van der Waals surface area contributed by atoms with E-state index in [1.807, 2.05) is 7.05 Å². The number of carbonyl (C=O) groups excluding carboxylic acids is 1. The molecule has 1 N–H and O–H groups in total. The van der Waals surface area contributed by atoms with Crippen LogP contribution < -0.4 is 5.32 Å². The summed E-state index contributed by atoms with van der Waals surface area (Å²) < 4.78 is 28.0. The minimum Gasteiger partial charge on any atom is -0.341 e. The lowest BCUT2D eigenvalue weighted by molar-refractivity contribution is 0.165. The largest absolute Gasteiger partial charge is 0.341 e. The molecule has 2 rings (SSSR count). The van der Waals surface area contributed by atoms with E-state index >= 15 is 0 Å². The van der Waals surface area contributed by atoms with Crippen molar-refractivity contribution in [1.82, 2.24) is 23.7 Å². The minimum absolute atomic E-state index is 0.151. The Balaban J connectivity index is 1.93. The molecule has 9 heteroatoms. The van der Waals surface area contributed by atoms with Crippen LogP contribution in [0.5, 0.6) is 0 Å². The third-order valence-corrected chi connectivity index (χ3v) is 5.89. The van der Waals surface area contributed by atoms with Gasteiger partial charge in [-0.15, -0.1) is 0 Å². The maximum atomic E-state index is 12.5. The average Bonchev–Trinajstić information content (AvgIpc) is 2.47.